The maximum atomic E-state index is 12.7. The molecule has 0 saturated carbocycles. The average molecular weight is 365 g/mol. The van der Waals surface area contributed by atoms with Crippen LogP contribution in [-0.4, -0.2) is 44.8 Å². The normalized spacial score (nSPS) is 19.9. The number of amides is 4. The number of aromatic amines is 1. The monoisotopic (exact) mass is 365 g/mol. The zero-order chi connectivity index (χ0) is 19.0. The smallest absolute Gasteiger partial charge is 0.278 e. The van der Waals surface area contributed by atoms with Gasteiger partial charge in [0, 0.05) is 29.9 Å². The van der Waals surface area contributed by atoms with Gasteiger partial charge in [0.1, 0.15) is 11.7 Å². The molecule has 2 aliphatic heterocycles. The van der Waals surface area contributed by atoms with Gasteiger partial charge < -0.3 is 5.32 Å². The van der Waals surface area contributed by atoms with Crippen molar-refractivity contribution in [1.29, 1.82) is 0 Å². The van der Waals surface area contributed by atoms with Crippen molar-refractivity contribution in [1.82, 2.24) is 20.4 Å². The van der Waals surface area contributed by atoms with Crippen LogP contribution < -0.4 is 10.6 Å². The molecule has 9 heteroatoms. The Bertz CT molecular complexity index is 979. The second kappa shape index (κ2) is 6.52. The number of imide groups is 2. The number of anilines is 1. The van der Waals surface area contributed by atoms with E-state index in [9.17, 15) is 19.2 Å². The van der Waals surface area contributed by atoms with Crippen molar-refractivity contribution in [3.05, 3.63) is 48.3 Å². The van der Waals surface area contributed by atoms with Crippen molar-refractivity contribution in [2.24, 2.45) is 0 Å². The molecule has 0 spiro atoms. The number of aromatic nitrogens is 2. The molecule has 0 bridgehead atoms. The molecule has 1 aromatic heterocycles. The van der Waals surface area contributed by atoms with Crippen molar-refractivity contribution in [3.63, 3.8) is 0 Å². The summed E-state index contributed by atoms with van der Waals surface area (Å²) in [5.41, 5.74) is 2.25. The SMILES string of the molecule is O=C1CCC(N2C(=O)C=C(Nc3cccc(-c4cc[nH]n4)c3)C2=O)C(=O)N1. The molecule has 1 fully saturated rings. The minimum atomic E-state index is -0.978. The third-order valence-corrected chi connectivity index (χ3v) is 4.41. The molecule has 9 nitrogen and oxygen atoms in total. The molecular formula is C18H15N5O4. The number of benzene rings is 1. The zero-order valence-corrected chi connectivity index (χ0v) is 14.1. The fourth-order valence-electron chi connectivity index (χ4n) is 3.13. The van der Waals surface area contributed by atoms with Gasteiger partial charge in [-0.2, -0.15) is 5.10 Å². The Morgan fingerprint density at radius 1 is 1.15 bits per heavy atom. The van der Waals surface area contributed by atoms with Crippen LogP contribution in [-0.2, 0) is 19.2 Å². The summed E-state index contributed by atoms with van der Waals surface area (Å²) in [5, 5.41) is 11.9. The van der Waals surface area contributed by atoms with Crippen molar-refractivity contribution < 1.29 is 19.2 Å². The number of nitrogens with one attached hydrogen (secondary N) is 3. The highest BCUT2D eigenvalue weighted by molar-refractivity contribution is 6.20. The summed E-state index contributed by atoms with van der Waals surface area (Å²) >= 11 is 0. The Morgan fingerprint density at radius 2 is 2.00 bits per heavy atom. The lowest BCUT2D eigenvalue weighted by Crippen LogP contribution is -2.54. The molecule has 4 rings (SSSR count). The van der Waals surface area contributed by atoms with E-state index in [1.54, 1.807) is 24.4 Å². The van der Waals surface area contributed by atoms with Gasteiger partial charge in [-0.05, 0) is 24.6 Å². The predicted octanol–water partition coefficient (Wildman–Crippen LogP) is 0.546. The third-order valence-electron chi connectivity index (χ3n) is 4.41. The number of piperidine rings is 1. The van der Waals surface area contributed by atoms with Gasteiger partial charge in [0.2, 0.25) is 11.8 Å². The standard InChI is InChI=1S/C18H15N5O4/c24-15-5-4-14(17(26)21-15)23-16(25)9-13(18(23)27)20-11-3-1-2-10(8-11)12-6-7-19-22-12/h1-3,6-9,14,20H,4-5H2,(H,19,22)(H,21,24,26). The van der Waals surface area contributed by atoms with Crippen molar-refractivity contribution in [2.45, 2.75) is 18.9 Å². The fourth-order valence-corrected chi connectivity index (χ4v) is 3.13. The maximum Gasteiger partial charge on any atom is 0.278 e. The molecule has 4 amide bonds. The number of H-pyrrole nitrogens is 1. The van der Waals surface area contributed by atoms with E-state index in [1.165, 1.54) is 0 Å². The first-order valence-electron chi connectivity index (χ1n) is 8.33. The summed E-state index contributed by atoms with van der Waals surface area (Å²) in [5.74, 6) is -2.22. The summed E-state index contributed by atoms with van der Waals surface area (Å²) in [6, 6.07) is 8.05. The number of carbonyl (C=O) groups excluding carboxylic acids is 4. The number of nitrogens with zero attached hydrogens (tertiary/aromatic N) is 2. The van der Waals surface area contributed by atoms with Crippen LogP contribution in [0.5, 0.6) is 0 Å². The highest BCUT2D eigenvalue weighted by atomic mass is 16.2. The van der Waals surface area contributed by atoms with Crippen LogP contribution in [0, 0.1) is 0 Å². The first kappa shape index (κ1) is 16.7. The van der Waals surface area contributed by atoms with E-state index in [-0.39, 0.29) is 18.5 Å². The minimum absolute atomic E-state index is 0.0730. The summed E-state index contributed by atoms with van der Waals surface area (Å²) in [7, 11) is 0. The molecular weight excluding hydrogens is 350 g/mol. The number of hydrogen-bond donors (Lipinski definition) is 3. The number of carbonyl (C=O) groups is 4. The van der Waals surface area contributed by atoms with Gasteiger partial charge in [-0.3, -0.25) is 34.5 Å². The van der Waals surface area contributed by atoms with E-state index in [2.05, 4.69) is 20.8 Å². The summed E-state index contributed by atoms with van der Waals surface area (Å²) in [6.45, 7) is 0. The van der Waals surface area contributed by atoms with Gasteiger partial charge in [0.05, 0.1) is 5.69 Å². The zero-order valence-electron chi connectivity index (χ0n) is 14.1. The molecule has 0 radical (unpaired) electrons. The third kappa shape index (κ3) is 3.10. The van der Waals surface area contributed by atoms with Crippen LogP contribution in [0.25, 0.3) is 11.3 Å². The quantitative estimate of drug-likeness (QED) is 0.680. The van der Waals surface area contributed by atoms with Crippen molar-refractivity contribution in [2.75, 3.05) is 5.32 Å². The van der Waals surface area contributed by atoms with E-state index >= 15 is 0 Å². The van der Waals surface area contributed by atoms with Crippen LogP contribution in [0.2, 0.25) is 0 Å². The Labute approximate surface area is 153 Å². The van der Waals surface area contributed by atoms with E-state index in [0.29, 0.717) is 5.69 Å². The van der Waals surface area contributed by atoms with Gasteiger partial charge in [-0.25, -0.2) is 0 Å². The van der Waals surface area contributed by atoms with Crippen LogP contribution in [0.15, 0.2) is 48.3 Å². The van der Waals surface area contributed by atoms with Gasteiger partial charge in [-0.15, -0.1) is 0 Å². The number of rotatable bonds is 4. The van der Waals surface area contributed by atoms with Crippen molar-refractivity contribution in [3.8, 4) is 11.3 Å². The highest BCUT2D eigenvalue weighted by Crippen LogP contribution is 2.25. The Hall–Kier alpha value is -3.75. The molecule has 1 saturated heterocycles. The first-order chi connectivity index (χ1) is 13.0. The molecule has 3 N–H and O–H groups in total. The second-order valence-corrected chi connectivity index (χ2v) is 6.20. The summed E-state index contributed by atoms with van der Waals surface area (Å²) in [4.78, 5) is 49.1. The lowest BCUT2D eigenvalue weighted by molar-refractivity contribution is -0.149. The molecule has 0 aliphatic carbocycles. The van der Waals surface area contributed by atoms with E-state index in [1.807, 2.05) is 12.1 Å². The van der Waals surface area contributed by atoms with Crippen LogP contribution in [0.4, 0.5) is 5.69 Å². The summed E-state index contributed by atoms with van der Waals surface area (Å²) in [6.07, 6.45) is 3.07. The summed E-state index contributed by atoms with van der Waals surface area (Å²) < 4.78 is 0. The van der Waals surface area contributed by atoms with E-state index < -0.39 is 29.7 Å². The lowest BCUT2D eigenvalue weighted by Gasteiger charge is -2.28. The average Bonchev–Trinajstić information content (AvgIpc) is 3.26. The number of hydrogen-bond acceptors (Lipinski definition) is 6. The van der Waals surface area contributed by atoms with Gasteiger partial charge >= 0.3 is 0 Å². The fraction of sp³-hybridized carbons (Fsp3) is 0.167. The first-order valence-corrected chi connectivity index (χ1v) is 8.33. The minimum Gasteiger partial charge on any atom is -0.351 e. The van der Waals surface area contributed by atoms with Crippen LogP contribution >= 0.6 is 0 Å². The Morgan fingerprint density at radius 3 is 2.74 bits per heavy atom. The molecule has 2 aliphatic rings. The van der Waals surface area contributed by atoms with Crippen LogP contribution in [0.1, 0.15) is 12.8 Å². The molecule has 3 heterocycles. The highest BCUT2D eigenvalue weighted by Gasteiger charge is 2.42. The Balaban J connectivity index is 1.52. The maximum absolute atomic E-state index is 12.7. The van der Waals surface area contributed by atoms with E-state index in [0.717, 1.165) is 22.2 Å². The second-order valence-electron chi connectivity index (χ2n) is 6.20. The molecule has 27 heavy (non-hydrogen) atoms. The molecule has 1 aromatic carbocycles. The topological polar surface area (TPSA) is 124 Å². The largest absolute Gasteiger partial charge is 0.351 e. The molecule has 1 atom stereocenters. The molecule has 1 unspecified atom stereocenters. The molecule has 136 valence electrons. The van der Waals surface area contributed by atoms with Gasteiger partial charge in [0.15, 0.2) is 0 Å². The van der Waals surface area contributed by atoms with Crippen molar-refractivity contribution >= 4 is 29.3 Å². The van der Waals surface area contributed by atoms with E-state index in [4.69, 9.17) is 0 Å². The van der Waals surface area contributed by atoms with Crippen LogP contribution in [0.3, 0.4) is 0 Å². The predicted molar refractivity (Wildman–Crippen MR) is 93.8 cm³/mol. The molecule has 2 aromatic rings. The van der Waals surface area contributed by atoms with Gasteiger partial charge in [-0.1, -0.05) is 12.1 Å². The van der Waals surface area contributed by atoms with Gasteiger partial charge in [0.25, 0.3) is 11.8 Å². The lowest BCUT2D eigenvalue weighted by atomic mass is 10.0. The Kier molecular flexibility index (Phi) is 4.03.